The van der Waals surface area contributed by atoms with Gasteiger partial charge in [-0.15, -0.1) is 0 Å². The lowest BCUT2D eigenvalue weighted by Crippen LogP contribution is -2.24. The standard InChI is InChI=1S/C15H15N3OS/c16-15(20)13-8-11(5-6-17-13)18-9-12-7-10-3-1-2-4-14(10)19-12/h1-6,8,12H,7,9H2,(H2,16,20)(H,17,18). The fraction of sp³-hybridized carbons (Fsp3) is 0.200. The Morgan fingerprint density at radius 3 is 3.05 bits per heavy atom. The molecular weight excluding hydrogens is 270 g/mol. The molecule has 2 aromatic rings. The van der Waals surface area contributed by atoms with E-state index in [9.17, 15) is 0 Å². The quantitative estimate of drug-likeness (QED) is 0.843. The van der Waals surface area contributed by atoms with Crippen LogP contribution in [0.15, 0.2) is 42.6 Å². The molecule has 102 valence electrons. The molecule has 1 unspecified atom stereocenters. The highest BCUT2D eigenvalue weighted by Crippen LogP contribution is 2.28. The number of nitrogens with zero attached hydrogens (tertiary/aromatic N) is 1. The normalized spacial score (nSPS) is 16.3. The number of nitrogens with two attached hydrogens (primary N) is 1. The van der Waals surface area contributed by atoms with Gasteiger partial charge in [-0.25, -0.2) is 0 Å². The van der Waals surface area contributed by atoms with Crippen molar-refractivity contribution in [3.8, 4) is 5.75 Å². The van der Waals surface area contributed by atoms with Gasteiger partial charge in [-0.3, -0.25) is 4.98 Å². The van der Waals surface area contributed by atoms with Crippen molar-refractivity contribution in [2.45, 2.75) is 12.5 Å². The third-order valence-corrected chi connectivity index (χ3v) is 3.47. The Hall–Kier alpha value is -2.14. The van der Waals surface area contributed by atoms with Gasteiger partial charge >= 0.3 is 0 Å². The van der Waals surface area contributed by atoms with Crippen molar-refractivity contribution in [3.05, 3.63) is 53.9 Å². The van der Waals surface area contributed by atoms with E-state index < -0.39 is 0 Å². The Labute approximate surface area is 123 Å². The summed E-state index contributed by atoms with van der Waals surface area (Å²) in [5.74, 6) is 0.984. The molecule has 2 heterocycles. The van der Waals surface area contributed by atoms with Gasteiger partial charge in [0.1, 0.15) is 16.8 Å². The first-order chi connectivity index (χ1) is 9.72. The maximum Gasteiger partial charge on any atom is 0.123 e. The summed E-state index contributed by atoms with van der Waals surface area (Å²) in [6.45, 7) is 0.732. The highest BCUT2D eigenvalue weighted by Gasteiger charge is 2.21. The number of fused-ring (bicyclic) bond motifs is 1. The zero-order valence-corrected chi connectivity index (χ0v) is 11.7. The van der Waals surface area contributed by atoms with Gasteiger partial charge in [0.25, 0.3) is 0 Å². The molecule has 4 nitrogen and oxygen atoms in total. The van der Waals surface area contributed by atoms with Gasteiger partial charge in [-0.1, -0.05) is 30.4 Å². The number of ether oxygens (including phenoxy) is 1. The SMILES string of the molecule is NC(=S)c1cc(NCC2Cc3ccccc3O2)ccn1. The molecule has 0 bridgehead atoms. The Bertz CT molecular complexity index is 620. The maximum atomic E-state index is 5.88. The van der Waals surface area contributed by atoms with Crippen molar-refractivity contribution < 1.29 is 4.74 Å². The molecule has 1 aliphatic rings. The van der Waals surface area contributed by atoms with Crippen molar-refractivity contribution in [3.63, 3.8) is 0 Å². The monoisotopic (exact) mass is 285 g/mol. The predicted octanol–water partition coefficient (Wildman–Crippen LogP) is 2.13. The second-order valence-electron chi connectivity index (χ2n) is 4.73. The second kappa shape index (κ2) is 5.46. The van der Waals surface area contributed by atoms with Crippen molar-refractivity contribution in [1.82, 2.24) is 4.98 Å². The van der Waals surface area contributed by atoms with Crippen molar-refractivity contribution in [2.75, 3.05) is 11.9 Å². The van der Waals surface area contributed by atoms with Crippen LogP contribution in [0.1, 0.15) is 11.3 Å². The lowest BCUT2D eigenvalue weighted by molar-refractivity contribution is 0.246. The van der Waals surface area contributed by atoms with E-state index >= 15 is 0 Å². The Morgan fingerprint density at radius 1 is 1.40 bits per heavy atom. The molecule has 0 saturated heterocycles. The first kappa shape index (κ1) is 12.9. The summed E-state index contributed by atoms with van der Waals surface area (Å²) in [6.07, 6.45) is 2.77. The van der Waals surface area contributed by atoms with Crippen LogP contribution >= 0.6 is 12.2 Å². The number of para-hydroxylation sites is 1. The number of nitrogens with one attached hydrogen (secondary N) is 1. The van der Waals surface area contributed by atoms with Gasteiger partial charge in [-0.05, 0) is 23.8 Å². The fourth-order valence-electron chi connectivity index (χ4n) is 2.27. The molecular formula is C15H15N3OS. The minimum atomic E-state index is 0.147. The fourth-order valence-corrected chi connectivity index (χ4v) is 2.39. The average Bonchev–Trinajstić information content (AvgIpc) is 2.88. The Kier molecular flexibility index (Phi) is 3.52. The molecule has 1 atom stereocenters. The van der Waals surface area contributed by atoms with E-state index in [-0.39, 0.29) is 6.10 Å². The lowest BCUT2D eigenvalue weighted by Gasteiger charge is -2.13. The average molecular weight is 285 g/mol. The summed E-state index contributed by atoms with van der Waals surface area (Å²) in [5.41, 5.74) is 8.41. The maximum absolute atomic E-state index is 5.88. The van der Waals surface area contributed by atoms with Crippen molar-refractivity contribution in [1.29, 1.82) is 0 Å². The number of anilines is 1. The smallest absolute Gasteiger partial charge is 0.123 e. The van der Waals surface area contributed by atoms with Crippen LogP contribution in [0, 0.1) is 0 Å². The molecule has 0 radical (unpaired) electrons. The van der Waals surface area contributed by atoms with Crippen molar-refractivity contribution >= 4 is 22.9 Å². The van der Waals surface area contributed by atoms with Gasteiger partial charge in [0.2, 0.25) is 0 Å². The molecule has 5 heteroatoms. The molecule has 1 aromatic heterocycles. The predicted molar refractivity (Wildman–Crippen MR) is 83.2 cm³/mol. The number of pyridine rings is 1. The number of thiocarbonyl (C=S) groups is 1. The molecule has 3 rings (SSSR count). The van der Waals surface area contributed by atoms with E-state index in [1.165, 1.54) is 5.56 Å². The van der Waals surface area contributed by atoms with E-state index in [0.29, 0.717) is 10.7 Å². The molecule has 0 aliphatic carbocycles. The summed E-state index contributed by atoms with van der Waals surface area (Å²) in [6, 6.07) is 11.9. The summed E-state index contributed by atoms with van der Waals surface area (Å²) in [4.78, 5) is 4.42. The zero-order valence-electron chi connectivity index (χ0n) is 10.9. The number of hydrogen-bond donors (Lipinski definition) is 2. The molecule has 1 aromatic carbocycles. The third kappa shape index (κ3) is 2.72. The van der Waals surface area contributed by atoms with E-state index in [1.807, 2.05) is 30.3 Å². The summed E-state index contributed by atoms with van der Waals surface area (Å²) in [5, 5.41) is 3.34. The minimum absolute atomic E-state index is 0.147. The highest BCUT2D eigenvalue weighted by atomic mass is 32.1. The van der Waals surface area contributed by atoms with Gasteiger partial charge in [0.05, 0.1) is 12.2 Å². The lowest BCUT2D eigenvalue weighted by atomic mass is 10.1. The number of aromatic nitrogens is 1. The molecule has 20 heavy (non-hydrogen) atoms. The van der Waals surface area contributed by atoms with Crippen LogP contribution in [0.4, 0.5) is 5.69 Å². The van der Waals surface area contributed by atoms with Gasteiger partial charge < -0.3 is 15.8 Å². The molecule has 0 spiro atoms. The van der Waals surface area contributed by atoms with E-state index in [4.69, 9.17) is 22.7 Å². The molecule has 3 N–H and O–H groups in total. The van der Waals surface area contributed by atoms with E-state index in [2.05, 4.69) is 16.4 Å². The van der Waals surface area contributed by atoms with Crippen LogP contribution in [0.2, 0.25) is 0 Å². The largest absolute Gasteiger partial charge is 0.488 e. The second-order valence-corrected chi connectivity index (χ2v) is 5.17. The van der Waals surface area contributed by atoms with Gasteiger partial charge in [-0.2, -0.15) is 0 Å². The first-order valence-electron chi connectivity index (χ1n) is 6.46. The van der Waals surface area contributed by atoms with Crippen LogP contribution < -0.4 is 15.8 Å². The number of benzene rings is 1. The highest BCUT2D eigenvalue weighted by molar-refractivity contribution is 7.80. The van der Waals surface area contributed by atoms with Crippen LogP contribution in [0.25, 0.3) is 0 Å². The number of hydrogen-bond acceptors (Lipinski definition) is 4. The molecule has 0 amide bonds. The van der Waals surface area contributed by atoms with E-state index in [0.717, 1.165) is 24.4 Å². The van der Waals surface area contributed by atoms with Gasteiger partial charge in [0.15, 0.2) is 0 Å². The Morgan fingerprint density at radius 2 is 2.25 bits per heavy atom. The van der Waals surface area contributed by atoms with E-state index in [1.54, 1.807) is 6.20 Å². The molecule has 0 saturated carbocycles. The Balaban J connectivity index is 1.61. The molecule has 1 aliphatic heterocycles. The summed E-state index contributed by atoms with van der Waals surface area (Å²) >= 11 is 4.92. The topological polar surface area (TPSA) is 60.2 Å². The van der Waals surface area contributed by atoms with Crippen LogP contribution in [-0.4, -0.2) is 22.6 Å². The zero-order chi connectivity index (χ0) is 13.9. The molecule has 0 fully saturated rings. The van der Waals surface area contributed by atoms with Crippen molar-refractivity contribution in [2.24, 2.45) is 5.73 Å². The van der Waals surface area contributed by atoms with Gasteiger partial charge in [0, 0.05) is 18.3 Å². The summed E-state index contributed by atoms with van der Waals surface area (Å²) in [7, 11) is 0. The number of rotatable bonds is 4. The minimum Gasteiger partial charge on any atom is -0.488 e. The first-order valence-corrected chi connectivity index (χ1v) is 6.87. The van der Waals surface area contributed by atoms with Crippen LogP contribution in [0.5, 0.6) is 5.75 Å². The third-order valence-electron chi connectivity index (χ3n) is 3.26. The van der Waals surface area contributed by atoms with Crippen LogP contribution in [0.3, 0.4) is 0 Å². The summed E-state index contributed by atoms with van der Waals surface area (Å²) < 4.78 is 5.88. The van der Waals surface area contributed by atoms with Crippen LogP contribution in [-0.2, 0) is 6.42 Å².